The topological polar surface area (TPSA) is 124 Å². The van der Waals surface area contributed by atoms with Gasteiger partial charge >= 0.3 is 12.2 Å². The van der Waals surface area contributed by atoms with E-state index in [0.717, 1.165) is 16.4 Å². The third-order valence-electron chi connectivity index (χ3n) is 4.90. The third kappa shape index (κ3) is 6.40. The van der Waals surface area contributed by atoms with Gasteiger partial charge in [-0.15, -0.1) is 0 Å². The van der Waals surface area contributed by atoms with Gasteiger partial charge in [-0.05, 0) is 43.7 Å². The van der Waals surface area contributed by atoms with E-state index in [1.165, 1.54) is 12.3 Å². The molecule has 3 heterocycles. The van der Waals surface area contributed by atoms with Crippen LogP contribution in [0.4, 0.5) is 52.7 Å². The first-order valence-corrected chi connectivity index (χ1v) is 11.3. The molecule has 4 N–H and O–H groups in total. The van der Waals surface area contributed by atoms with Crippen molar-refractivity contribution >= 4 is 65.2 Å². The lowest BCUT2D eigenvalue weighted by Gasteiger charge is -2.19. The number of alkyl halides is 3. The van der Waals surface area contributed by atoms with Crippen molar-refractivity contribution in [1.29, 1.82) is 0 Å². The summed E-state index contributed by atoms with van der Waals surface area (Å²) in [6.07, 6.45) is -1.62. The molecule has 0 aliphatic rings. The van der Waals surface area contributed by atoms with Crippen LogP contribution < -0.4 is 20.3 Å². The highest BCUT2D eigenvalue weighted by atomic mass is 35.5. The summed E-state index contributed by atoms with van der Waals surface area (Å²) < 4.78 is 40.2. The van der Waals surface area contributed by atoms with Crippen LogP contribution in [0.1, 0.15) is 16.8 Å². The van der Waals surface area contributed by atoms with Crippen molar-refractivity contribution in [3.05, 3.63) is 70.6 Å². The fraction of sp³-hybridized carbons (Fsp3) is 0.136. The molecule has 0 unspecified atom stereocenters. The van der Waals surface area contributed by atoms with Gasteiger partial charge in [0.1, 0.15) is 17.5 Å². The molecule has 0 bridgehead atoms. The third-order valence-corrected chi connectivity index (χ3v) is 5.64. The van der Waals surface area contributed by atoms with E-state index in [0.29, 0.717) is 34.5 Å². The summed E-state index contributed by atoms with van der Waals surface area (Å²) in [5, 5.41) is 14.8. The van der Waals surface area contributed by atoms with Crippen LogP contribution in [-0.4, -0.2) is 31.2 Å². The number of amides is 2. The van der Waals surface area contributed by atoms with Gasteiger partial charge in [0.2, 0.25) is 5.95 Å². The Bertz CT molecular complexity index is 1430. The zero-order valence-corrected chi connectivity index (χ0v) is 20.9. The molecule has 0 saturated carbocycles. The van der Waals surface area contributed by atoms with Crippen LogP contribution >= 0.6 is 24.4 Å². The van der Waals surface area contributed by atoms with Crippen LogP contribution in [0.3, 0.4) is 0 Å². The minimum atomic E-state index is -4.68. The Morgan fingerprint density at radius 2 is 1.86 bits per heavy atom. The summed E-state index contributed by atoms with van der Waals surface area (Å²) in [6.45, 7) is 3.59. The average molecular weight is 550 g/mol. The largest absolute Gasteiger partial charge is 0.417 e. The summed E-state index contributed by atoms with van der Waals surface area (Å²) in [5.41, 5.74) is 0.771. The van der Waals surface area contributed by atoms with E-state index in [-0.39, 0.29) is 11.5 Å². The molecule has 1 aromatic carbocycles. The lowest BCUT2D eigenvalue weighted by atomic mass is 10.2. The molecular weight excluding hydrogens is 531 g/mol. The molecule has 3 aromatic heterocycles. The first kappa shape index (κ1) is 26.0. The van der Waals surface area contributed by atoms with Gasteiger partial charge in [0.25, 0.3) is 0 Å². The Labute approximate surface area is 219 Å². The summed E-state index contributed by atoms with van der Waals surface area (Å²) in [7, 11) is 0. The molecule has 2 amide bonds. The number of hydrogen-bond acceptors (Lipinski definition) is 8. The number of pyridine rings is 1. The SMILES string of the molecule is Cc1cc(Nc2ccn[nH]2)nc(Nc2cnc(NC(=O)N(S)c3ccc(Cl)c(C(F)(F)F)c3)cc2C)n1. The van der Waals surface area contributed by atoms with Gasteiger partial charge in [-0.1, -0.05) is 24.4 Å². The highest BCUT2D eigenvalue weighted by Crippen LogP contribution is 2.37. The average Bonchev–Trinajstić information content (AvgIpc) is 3.32. The number of carbonyl (C=O) groups is 1. The minimum Gasteiger partial charge on any atom is -0.325 e. The lowest BCUT2D eigenvalue weighted by molar-refractivity contribution is -0.137. The second-order valence-corrected chi connectivity index (χ2v) is 8.53. The summed E-state index contributed by atoms with van der Waals surface area (Å²) >= 11 is 9.66. The van der Waals surface area contributed by atoms with E-state index in [1.54, 1.807) is 31.3 Å². The van der Waals surface area contributed by atoms with Gasteiger partial charge in [0.15, 0.2) is 0 Å². The molecule has 4 aromatic rings. The van der Waals surface area contributed by atoms with E-state index < -0.39 is 22.8 Å². The molecule has 10 nitrogen and oxygen atoms in total. The molecule has 0 aliphatic heterocycles. The van der Waals surface area contributed by atoms with Gasteiger partial charge in [-0.25, -0.2) is 19.1 Å². The van der Waals surface area contributed by atoms with E-state index in [4.69, 9.17) is 11.6 Å². The smallest absolute Gasteiger partial charge is 0.325 e. The van der Waals surface area contributed by atoms with Crippen LogP contribution in [0.15, 0.2) is 48.8 Å². The first-order chi connectivity index (χ1) is 17.5. The van der Waals surface area contributed by atoms with Gasteiger partial charge in [-0.2, -0.15) is 23.3 Å². The second-order valence-electron chi connectivity index (χ2n) is 7.73. The number of rotatable bonds is 6. The lowest BCUT2D eigenvalue weighted by Crippen LogP contribution is -2.27. The molecule has 15 heteroatoms. The minimum absolute atomic E-state index is 0.122. The van der Waals surface area contributed by atoms with Crippen molar-refractivity contribution in [2.45, 2.75) is 20.0 Å². The van der Waals surface area contributed by atoms with Gasteiger partial charge in [-0.3, -0.25) is 10.4 Å². The first-order valence-electron chi connectivity index (χ1n) is 10.5. The Morgan fingerprint density at radius 3 is 2.54 bits per heavy atom. The van der Waals surface area contributed by atoms with Crippen molar-refractivity contribution in [2.75, 3.05) is 20.3 Å². The standard InChI is InChI=1S/C22H19ClF3N9OS/c1-11-7-18(33-21(36)35(37)13-3-4-15(23)14(9-13)22(24,25)26)27-10-16(11)30-20-29-12(2)8-19(32-20)31-17-5-6-28-34-17/h3-10,37H,1-2H3,(H,27,33,36)(H3,28,29,30,31,32,34). The fourth-order valence-corrected chi connectivity index (χ4v) is 3.57. The van der Waals surface area contributed by atoms with Crippen LogP contribution in [0.25, 0.3) is 0 Å². The highest BCUT2D eigenvalue weighted by molar-refractivity contribution is 7.82. The number of nitrogens with zero attached hydrogens (tertiary/aromatic N) is 5. The predicted molar refractivity (Wildman–Crippen MR) is 138 cm³/mol. The maximum absolute atomic E-state index is 13.1. The maximum Gasteiger partial charge on any atom is 0.417 e. The highest BCUT2D eigenvalue weighted by Gasteiger charge is 2.34. The zero-order chi connectivity index (χ0) is 26.7. The van der Waals surface area contributed by atoms with Crippen molar-refractivity contribution in [1.82, 2.24) is 25.1 Å². The van der Waals surface area contributed by atoms with E-state index in [2.05, 4.69) is 53.9 Å². The Balaban J connectivity index is 1.46. The zero-order valence-electron chi connectivity index (χ0n) is 19.2. The molecule has 192 valence electrons. The number of nitrogens with one attached hydrogen (secondary N) is 4. The maximum atomic E-state index is 13.1. The van der Waals surface area contributed by atoms with Crippen LogP contribution in [0, 0.1) is 13.8 Å². The monoisotopic (exact) mass is 549 g/mol. The molecular formula is C22H19ClF3N9OS. The molecule has 0 fully saturated rings. The van der Waals surface area contributed by atoms with Crippen molar-refractivity contribution < 1.29 is 18.0 Å². The fourth-order valence-electron chi connectivity index (χ4n) is 3.17. The number of aromatic amines is 1. The summed E-state index contributed by atoms with van der Waals surface area (Å²) in [4.78, 5) is 25.6. The van der Waals surface area contributed by atoms with Crippen molar-refractivity contribution in [3.8, 4) is 0 Å². The number of aryl methyl sites for hydroxylation is 2. The van der Waals surface area contributed by atoms with Crippen molar-refractivity contribution in [3.63, 3.8) is 0 Å². The van der Waals surface area contributed by atoms with E-state index in [9.17, 15) is 18.0 Å². The van der Waals surface area contributed by atoms with Crippen molar-refractivity contribution in [2.24, 2.45) is 0 Å². The van der Waals surface area contributed by atoms with Gasteiger partial charge in [0.05, 0.1) is 34.4 Å². The molecule has 0 spiro atoms. The molecule has 4 rings (SSSR count). The molecule has 0 radical (unpaired) electrons. The number of halogens is 4. The van der Waals surface area contributed by atoms with Crippen LogP contribution in [-0.2, 0) is 6.18 Å². The number of hydrogen-bond donors (Lipinski definition) is 5. The number of aromatic nitrogens is 5. The number of benzene rings is 1. The Morgan fingerprint density at radius 1 is 1.08 bits per heavy atom. The number of H-pyrrole nitrogens is 1. The quantitative estimate of drug-likeness (QED) is 0.180. The van der Waals surface area contributed by atoms with E-state index in [1.807, 2.05) is 6.92 Å². The number of urea groups is 1. The molecule has 0 aliphatic carbocycles. The predicted octanol–water partition coefficient (Wildman–Crippen LogP) is 6.25. The second kappa shape index (κ2) is 10.5. The molecule has 0 atom stereocenters. The van der Waals surface area contributed by atoms with Crippen LogP contribution in [0.5, 0.6) is 0 Å². The number of anilines is 6. The summed E-state index contributed by atoms with van der Waals surface area (Å²) in [6, 6.07) is 7.29. The molecule has 37 heavy (non-hydrogen) atoms. The Kier molecular flexibility index (Phi) is 7.40. The molecule has 0 saturated heterocycles. The number of carbonyl (C=O) groups excluding carboxylic acids is 1. The number of thiol groups is 1. The van der Waals surface area contributed by atoms with Gasteiger partial charge < -0.3 is 10.6 Å². The van der Waals surface area contributed by atoms with E-state index >= 15 is 0 Å². The Hall–Kier alpha value is -4.04. The summed E-state index contributed by atoms with van der Waals surface area (Å²) in [5.74, 6) is 1.67. The van der Waals surface area contributed by atoms with Gasteiger partial charge in [0, 0.05) is 17.8 Å². The normalized spacial score (nSPS) is 11.2. The van der Waals surface area contributed by atoms with Crippen LogP contribution in [0.2, 0.25) is 5.02 Å².